The summed E-state index contributed by atoms with van der Waals surface area (Å²) in [6.07, 6.45) is 3.99. The molecule has 0 N–H and O–H groups in total. The molecule has 0 saturated carbocycles. The minimum Gasteiger partial charge on any atom is -0.208 e. The fourth-order valence-electron chi connectivity index (χ4n) is 1.37. The van der Waals surface area contributed by atoms with Crippen LogP contribution in [0.25, 0.3) is 5.57 Å². The molecule has 0 fully saturated rings. The van der Waals surface area contributed by atoms with Crippen molar-refractivity contribution in [3.63, 3.8) is 0 Å². The maximum atomic E-state index is 4.02. The Morgan fingerprint density at radius 2 is 2.00 bits per heavy atom. The van der Waals surface area contributed by atoms with Crippen molar-refractivity contribution in [2.24, 2.45) is 0 Å². The van der Waals surface area contributed by atoms with E-state index in [1.54, 1.807) is 0 Å². The lowest BCUT2D eigenvalue weighted by molar-refractivity contribution is -0.394. The van der Waals surface area contributed by atoms with Crippen LogP contribution in [0.3, 0.4) is 0 Å². The highest BCUT2D eigenvalue weighted by Gasteiger charge is 2.08. The van der Waals surface area contributed by atoms with Gasteiger partial charge in [0, 0.05) is 6.07 Å². The van der Waals surface area contributed by atoms with Gasteiger partial charge in [0.1, 0.15) is 13.8 Å². The molecule has 1 aromatic rings. The number of hydrogen-bond donors (Lipinski definition) is 0. The van der Waals surface area contributed by atoms with Crippen molar-refractivity contribution < 1.29 is 4.58 Å². The van der Waals surface area contributed by atoms with E-state index in [4.69, 9.17) is 0 Å². The van der Waals surface area contributed by atoms with Crippen LogP contribution in [0.2, 0.25) is 0 Å². The first-order chi connectivity index (χ1) is 6.66. The Morgan fingerprint density at radius 3 is 2.57 bits per heavy atom. The van der Waals surface area contributed by atoms with Crippen LogP contribution in [0, 0.1) is 0 Å². The second kappa shape index (κ2) is 4.56. The Kier molecular flexibility index (Phi) is 3.41. The summed E-state index contributed by atoms with van der Waals surface area (Å²) in [5.74, 6) is 0. The third-order valence-electron chi connectivity index (χ3n) is 2.03. The van der Waals surface area contributed by atoms with E-state index in [0.717, 1.165) is 16.8 Å². The van der Waals surface area contributed by atoms with Crippen LogP contribution in [-0.4, -0.2) is 18.3 Å². The van der Waals surface area contributed by atoms with Gasteiger partial charge in [0.2, 0.25) is 5.69 Å². The van der Waals surface area contributed by atoms with Gasteiger partial charge in [-0.1, -0.05) is 30.9 Å². The summed E-state index contributed by atoms with van der Waals surface area (Å²) in [7, 11) is 1.93. The van der Waals surface area contributed by atoms with Gasteiger partial charge in [-0.15, -0.1) is 0 Å². The van der Waals surface area contributed by atoms with Crippen LogP contribution in [0.15, 0.2) is 43.0 Å². The van der Waals surface area contributed by atoms with E-state index in [1.165, 1.54) is 0 Å². The summed E-state index contributed by atoms with van der Waals surface area (Å²) in [6.45, 7) is 9.88. The lowest BCUT2D eigenvalue weighted by Crippen LogP contribution is -1.96. The molecule has 1 rings (SSSR count). The normalized spacial score (nSPS) is 10.4. The van der Waals surface area contributed by atoms with Crippen molar-refractivity contribution in [3.8, 4) is 0 Å². The summed E-state index contributed by atoms with van der Waals surface area (Å²) >= 11 is 0. The molecule has 14 heavy (non-hydrogen) atoms. The third kappa shape index (κ3) is 2.19. The van der Waals surface area contributed by atoms with Crippen molar-refractivity contribution in [1.29, 1.82) is 0 Å². The van der Waals surface area contributed by atoms with Crippen LogP contribution in [0.1, 0.15) is 12.5 Å². The van der Waals surface area contributed by atoms with E-state index in [2.05, 4.69) is 19.4 Å². The average Bonchev–Trinajstić information content (AvgIpc) is 2.18. The van der Waals surface area contributed by atoms with Gasteiger partial charge < -0.3 is 0 Å². The molecule has 72 valence electrons. The van der Waals surface area contributed by atoms with Crippen molar-refractivity contribution in [2.45, 2.75) is 6.92 Å². The Balaban J connectivity index is 3.20. The number of para-hydroxylation sites is 1. The first-order valence-corrected chi connectivity index (χ1v) is 4.62. The fraction of sp³-hybridized carbons (Fsp3) is 0.154. The average molecular weight is 186 g/mol. The Hall–Kier alpha value is -1.63. The van der Waals surface area contributed by atoms with E-state index >= 15 is 0 Å². The minimum atomic E-state index is 1.01. The summed E-state index contributed by atoms with van der Waals surface area (Å²) < 4.78 is 1.85. The lowest BCUT2D eigenvalue weighted by Gasteiger charge is -2.03. The third-order valence-corrected chi connectivity index (χ3v) is 2.03. The smallest absolute Gasteiger partial charge is 0.208 e. The van der Waals surface area contributed by atoms with Crippen molar-refractivity contribution in [1.82, 2.24) is 0 Å². The molecule has 0 heterocycles. The molecule has 0 unspecified atom stereocenters. The van der Waals surface area contributed by atoms with Gasteiger partial charge in [-0.3, -0.25) is 0 Å². The van der Waals surface area contributed by atoms with Crippen LogP contribution in [0.4, 0.5) is 5.69 Å². The molecule has 0 saturated heterocycles. The van der Waals surface area contributed by atoms with E-state index in [-0.39, 0.29) is 0 Å². The highest BCUT2D eigenvalue weighted by atomic mass is 14.9. The fourth-order valence-corrected chi connectivity index (χ4v) is 1.37. The highest BCUT2D eigenvalue weighted by Crippen LogP contribution is 2.24. The maximum Gasteiger partial charge on any atom is 0.212 e. The van der Waals surface area contributed by atoms with Gasteiger partial charge in [-0.2, -0.15) is 0 Å². The Labute approximate surface area is 85.7 Å². The largest absolute Gasteiger partial charge is 0.212 e. The molecule has 0 aliphatic rings. The monoisotopic (exact) mass is 186 g/mol. The first-order valence-electron chi connectivity index (χ1n) is 4.62. The molecular weight excluding hydrogens is 170 g/mol. The summed E-state index contributed by atoms with van der Waals surface area (Å²) in [5.41, 5.74) is 3.23. The molecule has 0 radical (unpaired) electrons. The van der Waals surface area contributed by atoms with E-state index in [9.17, 15) is 0 Å². The molecule has 0 aliphatic heterocycles. The Morgan fingerprint density at radius 1 is 1.36 bits per heavy atom. The molecule has 1 aromatic carbocycles. The lowest BCUT2D eigenvalue weighted by atomic mass is 10.0. The zero-order valence-electron chi connectivity index (χ0n) is 8.83. The van der Waals surface area contributed by atoms with Crippen LogP contribution in [0.5, 0.6) is 0 Å². The number of benzene rings is 1. The van der Waals surface area contributed by atoms with Gasteiger partial charge in [0.05, 0.1) is 5.56 Å². The maximum absolute atomic E-state index is 4.02. The second-order valence-corrected chi connectivity index (χ2v) is 3.24. The minimum absolute atomic E-state index is 1.01. The quantitative estimate of drug-likeness (QED) is 0.387. The predicted octanol–water partition coefficient (Wildman–Crippen LogP) is 3.25. The summed E-state index contributed by atoms with van der Waals surface area (Å²) in [4.78, 5) is 0. The number of hydrogen-bond acceptors (Lipinski definition) is 0. The summed E-state index contributed by atoms with van der Waals surface area (Å²) in [6, 6.07) is 8.11. The van der Waals surface area contributed by atoms with Crippen LogP contribution >= 0.6 is 0 Å². The molecule has 0 amide bonds. The summed E-state index contributed by atoms with van der Waals surface area (Å²) in [5, 5.41) is 0. The van der Waals surface area contributed by atoms with E-state index < -0.39 is 0 Å². The van der Waals surface area contributed by atoms with Gasteiger partial charge in [-0.05, 0) is 18.6 Å². The van der Waals surface area contributed by atoms with Crippen molar-refractivity contribution >= 4 is 18.0 Å². The van der Waals surface area contributed by atoms with Crippen LogP contribution < -0.4 is 0 Å². The second-order valence-electron chi connectivity index (χ2n) is 3.24. The van der Waals surface area contributed by atoms with Gasteiger partial charge >= 0.3 is 0 Å². The topological polar surface area (TPSA) is 3.01 Å². The van der Waals surface area contributed by atoms with E-state index in [0.29, 0.717) is 0 Å². The number of nitrogens with zero attached hydrogens (tertiary/aromatic N) is 1. The SMILES string of the molecule is C=C(/C=C/C)c1ccccc1[N+](=C)C. The molecule has 1 heteroatoms. The zero-order valence-corrected chi connectivity index (χ0v) is 8.83. The molecule has 0 atom stereocenters. The van der Waals surface area contributed by atoms with E-state index in [1.807, 2.05) is 48.9 Å². The molecule has 0 bridgehead atoms. The zero-order chi connectivity index (χ0) is 10.6. The molecular formula is C13H16N+. The Bertz CT molecular complexity index is 386. The molecule has 0 aliphatic carbocycles. The van der Waals surface area contributed by atoms with Crippen molar-refractivity contribution in [3.05, 3.63) is 48.6 Å². The molecule has 0 aromatic heterocycles. The van der Waals surface area contributed by atoms with Crippen molar-refractivity contribution in [2.75, 3.05) is 7.05 Å². The predicted molar refractivity (Wildman–Crippen MR) is 63.3 cm³/mol. The van der Waals surface area contributed by atoms with Crippen LogP contribution in [-0.2, 0) is 0 Å². The highest BCUT2D eigenvalue weighted by molar-refractivity contribution is 5.77. The molecule has 0 spiro atoms. The first kappa shape index (κ1) is 10.5. The number of allylic oxidation sites excluding steroid dienone is 3. The molecule has 1 nitrogen and oxygen atoms in total. The van der Waals surface area contributed by atoms with Gasteiger partial charge in [0.15, 0.2) is 0 Å². The van der Waals surface area contributed by atoms with Gasteiger partial charge in [0.25, 0.3) is 0 Å². The standard InChI is InChI=1S/C13H16N/c1-5-8-11(2)12-9-6-7-10-13(12)14(3)4/h5-10H,2-3H2,1,4H3/q+1/b8-5+. The van der Waals surface area contributed by atoms with Gasteiger partial charge in [-0.25, -0.2) is 4.58 Å². The number of rotatable bonds is 3.